The summed E-state index contributed by atoms with van der Waals surface area (Å²) in [5, 5.41) is 0. The highest BCUT2D eigenvalue weighted by molar-refractivity contribution is 5.76. The van der Waals surface area contributed by atoms with E-state index in [2.05, 4.69) is 13.8 Å². The maximum atomic E-state index is 11.1. The zero-order valence-corrected chi connectivity index (χ0v) is 11.2. The zero-order chi connectivity index (χ0) is 12.7. The SMILES string of the molecule is CC1(C)COC2(CCC=C(C=O)C2(C)C)OC1. The second-order valence-electron chi connectivity index (χ2n) is 6.44. The molecule has 1 aliphatic carbocycles. The standard InChI is InChI=1S/C14H22O3/c1-12(2)9-16-14(17-10-12)7-5-6-11(8-15)13(14,3)4/h6,8H,5,7,9-10H2,1-4H3. The average molecular weight is 238 g/mol. The molecule has 0 amide bonds. The Kier molecular flexibility index (Phi) is 2.95. The van der Waals surface area contributed by atoms with Crippen LogP contribution in [0.4, 0.5) is 0 Å². The summed E-state index contributed by atoms with van der Waals surface area (Å²) < 4.78 is 12.1. The Bertz CT molecular complexity index is 342. The van der Waals surface area contributed by atoms with Crippen molar-refractivity contribution in [1.29, 1.82) is 0 Å². The van der Waals surface area contributed by atoms with Gasteiger partial charge in [0.2, 0.25) is 0 Å². The smallest absolute Gasteiger partial charge is 0.177 e. The molecule has 0 atom stereocenters. The summed E-state index contributed by atoms with van der Waals surface area (Å²) in [6.45, 7) is 9.69. The Morgan fingerprint density at radius 2 is 1.76 bits per heavy atom. The van der Waals surface area contributed by atoms with Crippen LogP contribution in [0.2, 0.25) is 0 Å². The molecule has 0 radical (unpaired) electrons. The fourth-order valence-electron chi connectivity index (χ4n) is 2.61. The minimum Gasteiger partial charge on any atom is -0.348 e. The molecule has 96 valence electrons. The number of hydrogen-bond donors (Lipinski definition) is 0. The monoisotopic (exact) mass is 238 g/mol. The summed E-state index contributed by atoms with van der Waals surface area (Å²) in [6, 6.07) is 0. The topological polar surface area (TPSA) is 35.5 Å². The highest BCUT2D eigenvalue weighted by Crippen LogP contribution is 2.50. The molecular formula is C14H22O3. The van der Waals surface area contributed by atoms with E-state index in [9.17, 15) is 4.79 Å². The molecule has 2 aliphatic rings. The Morgan fingerprint density at radius 3 is 2.29 bits per heavy atom. The lowest BCUT2D eigenvalue weighted by atomic mass is 9.70. The third-order valence-electron chi connectivity index (χ3n) is 4.03. The molecule has 1 aliphatic heterocycles. The molecule has 2 rings (SSSR count). The van der Waals surface area contributed by atoms with Crippen molar-refractivity contribution in [1.82, 2.24) is 0 Å². The number of carbonyl (C=O) groups excluding carboxylic acids is 1. The van der Waals surface area contributed by atoms with Crippen LogP contribution in [0.15, 0.2) is 11.6 Å². The quantitative estimate of drug-likeness (QED) is 0.659. The van der Waals surface area contributed by atoms with Crippen molar-refractivity contribution in [2.24, 2.45) is 10.8 Å². The van der Waals surface area contributed by atoms with Crippen molar-refractivity contribution in [3.63, 3.8) is 0 Å². The van der Waals surface area contributed by atoms with Gasteiger partial charge >= 0.3 is 0 Å². The summed E-state index contributed by atoms with van der Waals surface area (Å²) >= 11 is 0. The van der Waals surface area contributed by atoms with Gasteiger partial charge in [0.25, 0.3) is 0 Å². The van der Waals surface area contributed by atoms with E-state index in [1.165, 1.54) is 0 Å². The Hall–Kier alpha value is -0.670. The highest BCUT2D eigenvalue weighted by atomic mass is 16.7. The average Bonchev–Trinajstić information content (AvgIpc) is 2.25. The van der Waals surface area contributed by atoms with Crippen LogP contribution < -0.4 is 0 Å². The minimum atomic E-state index is -0.618. The number of aldehydes is 1. The molecule has 1 spiro atoms. The van der Waals surface area contributed by atoms with E-state index in [1.54, 1.807) is 0 Å². The molecule has 0 bridgehead atoms. The van der Waals surface area contributed by atoms with Gasteiger partial charge in [0.05, 0.1) is 13.2 Å². The first-order valence-corrected chi connectivity index (χ1v) is 6.27. The molecule has 1 fully saturated rings. The van der Waals surface area contributed by atoms with Crippen molar-refractivity contribution < 1.29 is 14.3 Å². The number of allylic oxidation sites excluding steroid dienone is 1. The van der Waals surface area contributed by atoms with Gasteiger partial charge in [0, 0.05) is 17.3 Å². The van der Waals surface area contributed by atoms with Gasteiger partial charge in [0.15, 0.2) is 5.79 Å². The maximum Gasteiger partial charge on any atom is 0.177 e. The molecule has 1 heterocycles. The molecule has 0 N–H and O–H groups in total. The number of ether oxygens (including phenoxy) is 2. The van der Waals surface area contributed by atoms with Gasteiger partial charge in [-0.1, -0.05) is 33.8 Å². The second-order valence-corrected chi connectivity index (χ2v) is 6.44. The van der Waals surface area contributed by atoms with Gasteiger partial charge in [-0.3, -0.25) is 4.79 Å². The van der Waals surface area contributed by atoms with Gasteiger partial charge in [0.1, 0.15) is 6.29 Å². The third kappa shape index (κ3) is 1.95. The highest BCUT2D eigenvalue weighted by Gasteiger charge is 2.54. The fraction of sp³-hybridized carbons (Fsp3) is 0.786. The van der Waals surface area contributed by atoms with Gasteiger partial charge in [-0.05, 0) is 12.0 Å². The zero-order valence-electron chi connectivity index (χ0n) is 11.2. The Morgan fingerprint density at radius 1 is 1.18 bits per heavy atom. The van der Waals surface area contributed by atoms with Crippen LogP contribution in [0, 0.1) is 10.8 Å². The lowest BCUT2D eigenvalue weighted by molar-refractivity contribution is -0.339. The number of carbonyl (C=O) groups is 1. The fourth-order valence-corrected chi connectivity index (χ4v) is 2.61. The molecule has 3 heteroatoms. The predicted octanol–water partition coefficient (Wildman–Crippen LogP) is 2.70. The van der Waals surface area contributed by atoms with Gasteiger partial charge in [-0.25, -0.2) is 0 Å². The van der Waals surface area contributed by atoms with Crippen LogP contribution in [0.25, 0.3) is 0 Å². The maximum absolute atomic E-state index is 11.1. The van der Waals surface area contributed by atoms with Crippen LogP contribution in [0.3, 0.4) is 0 Å². The van der Waals surface area contributed by atoms with Gasteiger partial charge in [-0.15, -0.1) is 0 Å². The van der Waals surface area contributed by atoms with Crippen molar-refractivity contribution in [3.05, 3.63) is 11.6 Å². The summed E-state index contributed by atoms with van der Waals surface area (Å²) in [6.07, 6.45) is 4.61. The van der Waals surface area contributed by atoms with Crippen molar-refractivity contribution >= 4 is 6.29 Å². The van der Waals surface area contributed by atoms with Crippen LogP contribution in [0.5, 0.6) is 0 Å². The van der Waals surface area contributed by atoms with Gasteiger partial charge < -0.3 is 9.47 Å². The van der Waals surface area contributed by atoms with Crippen LogP contribution in [-0.4, -0.2) is 25.3 Å². The first-order chi connectivity index (χ1) is 7.83. The summed E-state index contributed by atoms with van der Waals surface area (Å²) in [5.74, 6) is -0.618. The van der Waals surface area contributed by atoms with Crippen molar-refractivity contribution in [3.8, 4) is 0 Å². The van der Waals surface area contributed by atoms with E-state index in [0.717, 1.165) is 24.7 Å². The second kappa shape index (κ2) is 3.92. The number of hydrogen-bond acceptors (Lipinski definition) is 3. The third-order valence-corrected chi connectivity index (χ3v) is 4.03. The molecular weight excluding hydrogens is 216 g/mol. The number of rotatable bonds is 1. The van der Waals surface area contributed by atoms with E-state index in [0.29, 0.717) is 13.2 Å². The largest absolute Gasteiger partial charge is 0.348 e. The first kappa shape index (κ1) is 12.8. The Labute approximate surface area is 103 Å². The van der Waals surface area contributed by atoms with Crippen molar-refractivity contribution in [2.75, 3.05) is 13.2 Å². The lowest BCUT2D eigenvalue weighted by Gasteiger charge is -2.53. The van der Waals surface area contributed by atoms with Crippen molar-refractivity contribution in [2.45, 2.75) is 46.3 Å². The van der Waals surface area contributed by atoms with Crippen LogP contribution in [-0.2, 0) is 14.3 Å². The molecule has 0 aromatic heterocycles. The summed E-state index contributed by atoms with van der Waals surface area (Å²) in [4.78, 5) is 11.1. The van der Waals surface area contributed by atoms with E-state index < -0.39 is 5.79 Å². The Balaban J connectivity index is 2.27. The molecule has 1 saturated heterocycles. The lowest BCUT2D eigenvalue weighted by Crippen LogP contribution is -2.57. The molecule has 0 aromatic carbocycles. The molecule has 0 unspecified atom stereocenters. The molecule has 0 saturated carbocycles. The van der Waals surface area contributed by atoms with E-state index in [4.69, 9.17) is 9.47 Å². The first-order valence-electron chi connectivity index (χ1n) is 6.27. The van der Waals surface area contributed by atoms with E-state index in [-0.39, 0.29) is 10.8 Å². The van der Waals surface area contributed by atoms with Crippen LogP contribution in [0.1, 0.15) is 40.5 Å². The normalized spacial score (nSPS) is 29.8. The molecule has 0 aromatic rings. The molecule has 17 heavy (non-hydrogen) atoms. The summed E-state index contributed by atoms with van der Waals surface area (Å²) in [5.41, 5.74) is 0.483. The van der Waals surface area contributed by atoms with E-state index in [1.807, 2.05) is 19.9 Å². The predicted molar refractivity (Wildman–Crippen MR) is 65.6 cm³/mol. The minimum absolute atomic E-state index is 0.0594. The van der Waals surface area contributed by atoms with Crippen LogP contribution >= 0.6 is 0 Å². The summed E-state index contributed by atoms with van der Waals surface area (Å²) in [7, 11) is 0. The van der Waals surface area contributed by atoms with Gasteiger partial charge in [-0.2, -0.15) is 0 Å². The van der Waals surface area contributed by atoms with E-state index >= 15 is 0 Å². The molecule has 3 nitrogen and oxygen atoms in total.